The van der Waals surface area contributed by atoms with E-state index in [1.807, 2.05) is 30.3 Å². The number of ether oxygens (including phenoxy) is 4. The van der Waals surface area contributed by atoms with Crippen molar-refractivity contribution in [1.29, 1.82) is 0 Å². The minimum Gasteiger partial charge on any atom is -0.491 e. The lowest BCUT2D eigenvalue weighted by molar-refractivity contribution is -0.115. The highest BCUT2D eigenvalue weighted by molar-refractivity contribution is 6.00. The summed E-state index contributed by atoms with van der Waals surface area (Å²) in [5, 5.41) is 8.91. The molecule has 0 fully saturated rings. The number of aromatic nitrogens is 1. The molecule has 0 spiro atoms. The van der Waals surface area contributed by atoms with Crippen molar-refractivity contribution in [3.63, 3.8) is 0 Å². The monoisotopic (exact) mass is 534 g/mol. The van der Waals surface area contributed by atoms with Gasteiger partial charge in [0.25, 0.3) is 0 Å². The first-order chi connectivity index (χ1) is 19.1. The van der Waals surface area contributed by atoms with E-state index < -0.39 is 0 Å². The predicted octanol–water partition coefficient (Wildman–Crippen LogP) is 3.74. The van der Waals surface area contributed by atoms with Crippen molar-refractivity contribution in [1.82, 2.24) is 4.98 Å². The first-order valence-corrected chi connectivity index (χ1v) is 12.9. The van der Waals surface area contributed by atoms with Crippen LogP contribution in [0.4, 0.5) is 17.2 Å². The van der Waals surface area contributed by atoms with Gasteiger partial charge in [-0.15, -0.1) is 0 Å². The number of nitrogens with one attached hydrogen (secondary N) is 3. The minimum atomic E-state index is -0.108. The molecule has 10 nitrogen and oxygen atoms in total. The Morgan fingerprint density at radius 2 is 1.64 bits per heavy atom. The van der Waals surface area contributed by atoms with Gasteiger partial charge >= 0.3 is 0 Å². The van der Waals surface area contributed by atoms with Crippen LogP contribution in [0.2, 0.25) is 0 Å². The van der Waals surface area contributed by atoms with E-state index in [-0.39, 0.29) is 11.8 Å². The van der Waals surface area contributed by atoms with Gasteiger partial charge in [-0.2, -0.15) is 0 Å². The van der Waals surface area contributed by atoms with Gasteiger partial charge in [-0.1, -0.05) is 6.07 Å². The zero-order chi connectivity index (χ0) is 27.3. The van der Waals surface area contributed by atoms with Gasteiger partial charge in [0, 0.05) is 36.6 Å². The third-order valence-corrected chi connectivity index (χ3v) is 5.80. The van der Waals surface area contributed by atoms with Crippen molar-refractivity contribution >= 4 is 29.0 Å². The number of carbonyl (C=O) groups is 2. The smallest absolute Gasteiger partial charge is 0.228 e. The standard InChI is InChI=1S/C29H34N4O6/c1-21(34)32-24-5-7-25(8-6-24)39-18-17-38-16-15-37-14-13-36-12-11-31-29-26(3-2-10-30-29)22-4-9-27-23(19-22)20-28(35)33-27/h2-10,19H,11-18,20H2,1H3,(H,30,31)(H,32,34)(H,33,35). The average Bonchev–Trinajstić information content (AvgIpc) is 3.31. The fourth-order valence-corrected chi connectivity index (χ4v) is 4.02. The van der Waals surface area contributed by atoms with Crippen LogP contribution in [0.5, 0.6) is 5.75 Å². The van der Waals surface area contributed by atoms with Gasteiger partial charge < -0.3 is 34.9 Å². The highest BCUT2D eigenvalue weighted by Gasteiger charge is 2.18. The largest absolute Gasteiger partial charge is 0.491 e. The number of hydrogen-bond donors (Lipinski definition) is 3. The SMILES string of the molecule is CC(=O)Nc1ccc(OCCOCCOCCOCCNc2ncccc2-c2ccc3c(c2)CC(=O)N3)cc1. The van der Waals surface area contributed by atoms with Crippen LogP contribution >= 0.6 is 0 Å². The van der Waals surface area contributed by atoms with Crippen LogP contribution in [0.15, 0.2) is 60.8 Å². The first kappa shape index (κ1) is 28.0. The molecule has 0 saturated heterocycles. The first-order valence-electron chi connectivity index (χ1n) is 12.9. The van der Waals surface area contributed by atoms with Crippen LogP contribution in [0.1, 0.15) is 12.5 Å². The lowest BCUT2D eigenvalue weighted by atomic mass is 10.0. The van der Waals surface area contributed by atoms with E-state index in [0.717, 1.165) is 33.9 Å². The topological polar surface area (TPSA) is 120 Å². The second-order valence-electron chi connectivity index (χ2n) is 8.81. The molecule has 1 aliphatic heterocycles. The van der Waals surface area contributed by atoms with E-state index in [1.165, 1.54) is 6.92 Å². The number of hydrogen-bond acceptors (Lipinski definition) is 8. The second-order valence-corrected chi connectivity index (χ2v) is 8.81. The molecule has 0 bridgehead atoms. The third kappa shape index (κ3) is 9.06. The van der Waals surface area contributed by atoms with Crippen LogP contribution < -0.4 is 20.7 Å². The fraction of sp³-hybridized carbons (Fsp3) is 0.345. The second kappa shape index (κ2) is 14.8. The molecule has 4 rings (SSSR count). The summed E-state index contributed by atoms with van der Waals surface area (Å²) in [7, 11) is 0. The van der Waals surface area contributed by atoms with Crippen molar-refractivity contribution in [3.8, 4) is 16.9 Å². The van der Waals surface area contributed by atoms with Gasteiger partial charge in [-0.3, -0.25) is 9.59 Å². The van der Waals surface area contributed by atoms with Crippen LogP contribution in [0.3, 0.4) is 0 Å². The van der Waals surface area contributed by atoms with E-state index in [1.54, 1.807) is 30.5 Å². The Hall–Kier alpha value is -3.99. The molecule has 39 heavy (non-hydrogen) atoms. The van der Waals surface area contributed by atoms with E-state index in [4.69, 9.17) is 18.9 Å². The summed E-state index contributed by atoms with van der Waals surface area (Å²) in [5.41, 5.74) is 4.60. The number of amides is 2. The van der Waals surface area contributed by atoms with Crippen molar-refractivity contribution in [2.24, 2.45) is 0 Å². The van der Waals surface area contributed by atoms with Crippen molar-refractivity contribution in [2.75, 3.05) is 68.7 Å². The van der Waals surface area contributed by atoms with E-state index in [9.17, 15) is 9.59 Å². The van der Waals surface area contributed by atoms with Gasteiger partial charge in [-0.05, 0) is 59.7 Å². The maximum absolute atomic E-state index is 11.7. The number of anilines is 3. The molecule has 2 heterocycles. The Bertz CT molecular complexity index is 1230. The van der Waals surface area contributed by atoms with E-state index >= 15 is 0 Å². The van der Waals surface area contributed by atoms with Crippen LogP contribution in [0, 0.1) is 0 Å². The molecule has 206 valence electrons. The van der Waals surface area contributed by atoms with E-state index in [2.05, 4.69) is 20.9 Å². The lowest BCUT2D eigenvalue weighted by Gasteiger charge is -2.12. The summed E-state index contributed by atoms with van der Waals surface area (Å²) in [5.74, 6) is 1.41. The Labute approximate surface area is 228 Å². The molecule has 0 unspecified atom stereocenters. The van der Waals surface area contributed by atoms with Gasteiger partial charge in [-0.25, -0.2) is 4.98 Å². The number of benzene rings is 2. The summed E-state index contributed by atoms with van der Waals surface area (Å²) < 4.78 is 22.3. The Balaban J connectivity index is 1.02. The van der Waals surface area contributed by atoms with Gasteiger partial charge in [0.15, 0.2) is 0 Å². The highest BCUT2D eigenvalue weighted by atomic mass is 16.6. The molecule has 0 saturated carbocycles. The number of fused-ring (bicyclic) bond motifs is 1. The van der Waals surface area contributed by atoms with E-state index in [0.29, 0.717) is 65.0 Å². The summed E-state index contributed by atoms with van der Waals surface area (Å²) in [6.45, 7) is 5.39. The summed E-state index contributed by atoms with van der Waals surface area (Å²) in [4.78, 5) is 27.2. The molecular formula is C29H34N4O6. The third-order valence-electron chi connectivity index (χ3n) is 5.80. The van der Waals surface area contributed by atoms with Crippen molar-refractivity contribution < 1.29 is 28.5 Å². The highest BCUT2D eigenvalue weighted by Crippen LogP contribution is 2.31. The maximum atomic E-state index is 11.7. The Morgan fingerprint density at radius 3 is 2.38 bits per heavy atom. The molecule has 0 atom stereocenters. The molecule has 2 aromatic carbocycles. The lowest BCUT2D eigenvalue weighted by Crippen LogP contribution is -2.15. The Kier molecular flexibility index (Phi) is 10.6. The summed E-state index contributed by atoms with van der Waals surface area (Å²) >= 11 is 0. The van der Waals surface area contributed by atoms with Crippen LogP contribution in [0.25, 0.3) is 11.1 Å². The zero-order valence-electron chi connectivity index (χ0n) is 22.0. The van der Waals surface area contributed by atoms with Crippen molar-refractivity contribution in [2.45, 2.75) is 13.3 Å². The van der Waals surface area contributed by atoms with Crippen LogP contribution in [-0.2, 0) is 30.2 Å². The molecule has 0 radical (unpaired) electrons. The summed E-state index contributed by atoms with van der Waals surface area (Å²) in [6, 6.07) is 17.1. The normalized spacial score (nSPS) is 12.1. The molecule has 2 amide bonds. The number of nitrogens with zero attached hydrogens (tertiary/aromatic N) is 1. The molecule has 0 aliphatic carbocycles. The molecule has 3 aromatic rings. The number of rotatable bonds is 16. The van der Waals surface area contributed by atoms with Crippen LogP contribution in [-0.4, -0.2) is 69.6 Å². The molecule has 10 heteroatoms. The molecular weight excluding hydrogens is 500 g/mol. The van der Waals surface area contributed by atoms with Crippen molar-refractivity contribution in [3.05, 3.63) is 66.4 Å². The summed E-state index contributed by atoms with van der Waals surface area (Å²) in [6.07, 6.45) is 2.15. The zero-order valence-corrected chi connectivity index (χ0v) is 22.0. The van der Waals surface area contributed by atoms with Gasteiger partial charge in [0.05, 0.1) is 46.1 Å². The maximum Gasteiger partial charge on any atom is 0.228 e. The molecule has 1 aliphatic rings. The van der Waals surface area contributed by atoms with Gasteiger partial charge in [0.1, 0.15) is 18.2 Å². The Morgan fingerprint density at radius 1 is 0.923 bits per heavy atom. The number of pyridine rings is 1. The molecule has 3 N–H and O–H groups in total. The average molecular weight is 535 g/mol. The molecule has 1 aromatic heterocycles. The number of carbonyl (C=O) groups excluding carboxylic acids is 2. The predicted molar refractivity (Wildman–Crippen MR) is 149 cm³/mol. The fourth-order valence-electron chi connectivity index (χ4n) is 4.02. The minimum absolute atomic E-state index is 0.0227. The van der Waals surface area contributed by atoms with Gasteiger partial charge in [0.2, 0.25) is 11.8 Å². The quantitative estimate of drug-likeness (QED) is 0.238.